The lowest BCUT2D eigenvalue weighted by molar-refractivity contribution is 0.00744. The third kappa shape index (κ3) is 3.58. The Kier molecular flexibility index (Phi) is 4.44. The highest BCUT2D eigenvalue weighted by atomic mass is 19.1. The SMILES string of the molecule is CNC(CC(C)(C)OC)c1ccc(F)cc1. The monoisotopic (exact) mass is 225 g/mol. The maximum absolute atomic E-state index is 12.8. The summed E-state index contributed by atoms with van der Waals surface area (Å²) in [6.45, 7) is 4.09. The van der Waals surface area contributed by atoms with Crippen molar-refractivity contribution in [2.45, 2.75) is 31.9 Å². The van der Waals surface area contributed by atoms with Gasteiger partial charge in [-0.25, -0.2) is 4.39 Å². The molecule has 0 aliphatic carbocycles. The molecule has 0 aromatic heterocycles. The molecule has 0 saturated heterocycles. The third-order valence-corrected chi connectivity index (χ3v) is 2.87. The number of hydrogen-bond donors (Lipinski definition) is 1. The Balaban J connectivity index is 2.78. The van der Waals surface area contributed by atoms with E-state index in [0.717, 1.165) is 12.0 Å². The Morgan fingerprint density at radius 3 is 2.31 bits per heavy atom. The molecule has 1 unspecified atom stereocenters. The first-order valence-corrected chi connectivity index (χ1v) is 5.46. The van der Waals surface area contributed by atoms with Crippen molar-refractivity contribution >= 4 is 0 Å². The van der Waals surface area contributed by atoms with Crippen LogP contribution in [0.1, 0.15) is 31.9 Å². The molecule has 0 aliphatic heterocycles. The maximum atomic E-state index is 12.8. The quantitative estimate of drug-likeness (QED) is 0.832. The average molecular weight is 225 g/mol. The molecule has 0 heterocycles. The van der Waals surface area contributed by atoms with Gasteiger partial charge in [0.25, 0.3) is 0 Å². The first kappa shape index (κ1) is 13.1. The zero-order chi connectivity index (χ0) is 12.2. The summed E-state index contributed by atoms with van der Waals surface area (Å²) in [5.41, 5.74) is 0.885. The van der Waals surface area contributed by atoms with Gasteiger partial charge in [0.2, 0.25) is 0 Å². The van der Waals surface area contributed by atoms with Gasteiger partial charge in [-0.3, -0.25) is 0 Å². The van der Waals surface area contributed by atoms with Gasteiger partial charge in [0.1, 0.15) is 5.82 Å². The summed E-state index contributed by atoms with van der Waals surface area (Å²) in [7, 11) is 3.61. The van der Waals surface area contributed by atoms with E-state index in [0.29, 0.717) is 0 Å². The molecule has 0 radical (unpaired) electrons. The number of benzene rings is 1. The van der Waals surface area contributed by atoms with Gasteiger partial charge in [-0.05, 0) is 45.0 Å². The molecule has 0 fully saturated rings. The van der Waals surface area contributed by atoms with Gasteiger partial charge in [-0.15, -0.1) is 0 Å². The van der Waals surface area contributed by atoms with Crippen molar-refractivity contribution in [1.82, 2.24) is 5.32 Å². The number of hydrogen-bond acceptors (Lipinski definition) is 2. The van der Waals surface area contributed by atoms with Crippen LogP contribution in [0, 0.1) is 5.82 Å². The number of methoxy groups -OCH3 is 1. The van der Waals surface area contributed by atoms with Gasteiger partial charge < -0.3 is 10.1 Å². The second-order valence-corrected chi connectivity index (χ2v) is 4.56. The minimum Gasteiger partial charge on any atom is -0.379 e. The first-order chi connectivity index (χ1) is 7.48. The van der Waals surface area contributed by atoms with Crippen molar-refractivity contribution in [3.05, 3.63) is 35.6 Å². The number of nitrogens with one attached hydrogen (secondary N) is 1. The molecule has 0 bridgehead atoms. The standard InChI is InChI=1S/C13H20FNO/c1-13(2,16-4)9-12(15-3)10-5-7-11(14)8-6-10/h5-8,12,15H,9H2,1-4H3. The minimum absolute atomic E-state index is 0.176. The smallest absolute Gasteiger partial charge is 0.123 e. The number of ether oxygens (including phenoxy) is 1. The summed E-state index contributed by atoms with van der Waals surface area (Å²) >= 11 is 0. The molecule has 0 saturated carbocycles. The largest absolute Gasteiger partial charge is 0.379 e. The molecular weight excluding hydrogens is 205 g/mol. The molecule has 1 aromatic rings. The van der Waals surface area contributed by atoms with E-state index in [1.165, 1.54) is 12.1 Å². The van der Waals surface area contributed by atoms with Gasteiger partial charge >= 0.3 is 0 Å². The number of rotatable bonds is 5. The summed E-state index contributed by atoms with van der Waals surface area (Å²) in [6, 6.07) is 6.76. The van der Waals surface area contributed by atoms with E-state index in [1.54, 1.807) is 7.11 Å². The molecule has 3 heteroatoms. The molecule has 1 N–H and O–H groups in total. The van der Waals surface area contributed by atoms with Crippen molar-refractivity contribution in [1.29, 1.82) is 0 Å². The van der Waals surface area contributed by atoms with E-state index in [-0.39, 0.29) is 17.5 Å². The lowest BCUT2D eigenvalue weighted by Gasteiger charge is -2.28. The second kappa shape index (κ2) is 5.41. The molecule has 0 spiro atoms. The molecule has 90 valence electrons. The zero-order valence-electron chi connectivity index (χ0n) is 10.4. The van der Waals surface area contributed by atoms with Gasteiger partial charge in [-0.2, -0.15) is 0 Å². The molecule has 2 nitrogen and oxygen atoms in total. The first-order valence-electron chi connectivity index (χ1n) is 5.46. The summed E-state index contributed by atoms with van der Waals surface area (Å²) in [5, 5.41) is 3.23. The van der Waals surface area contributed by atoms with E-state index in [1.807, 2.05) is 33.0 Å². The molecule has 0 amide bonds. The van der Waals surface area contributed by atoms with Crippen molar-refractivity contribution in [3.8, 4) is 0 Å². The Morgan fingerprint density at radius 1 is 1.31 bits per heavy atom. The predicted molar refractivity (Wildman–Crippen MR) is 63.9 cm³/mol. The second-order valence-electron chi connectivity index (χ2n) is 4.56. The number of halogens is 1. The van der Waals surface area contributed by atoms with Crippen LogP contribution in [-0.2, 0) is 4.74 Å². The summed E-state index contributed by atoms with van der Waals surface area (Å²) in [5.74, 6) is -0.204. The minimum atomic E-state index is -0.204. The van der Waals surface area contributed by atoms with Crippen LogP contribution in [0.4, 0.5) is 4.39 Å². The van der Waals surface area contributed by atoms with Crippen LogP contribution in [-0.4, -0.2) is 19.8 Å². The van der Waals surface area contributed by atoms with E-state index >= 15 is 0 Å². The van der Waals surface area contributed by atoms with Crippen molar-refractivity contribution in [2.75, 3.05) is 14.2 Å². The Hall–Kier alpha value is -0.930. The van der Waals surface area contributed by atoms with Crippen LogP contribution < -0.4 is 5.32 Å². The lowest BCUT2D eigenvalue weighted by Crippen LogP contribution is -2.30. The highest BCUT2D eigenvalue weighted by Gasteiger charge is 2.22. The lowest BCUT2D eigenvalue weighted by atomic mass is 9.94. The van der Waals surface area contributed by atoms with Gasteiger partial charge in [0, 0.05) is 13.2 Å². The topological polar surface area (TPSA) is 21.3 Å². The fourth-order valence-corrected chi connectivity index (χ4v) is 1.66. The average Bonchev–Trinajstić information content (AvgIpc) is 2.27. The predicted octanol–water partition coefficient (Wildman–Crippen LogP) is 2.90. The Labute approximate surface area is 96.8 Å². The molecular formula is C13H20FNO. The van der Waals surface area contributed by atoms with E-state index < -0.39 is 0 Å². The van der Waals surface area contributed by atoms with Crippen LogP contribution in [0.25, 0.3) is 0 Å². The summed E-state index contributed by atoms with van der Waals surface area (Å²) in [4.78, 5) is 0. The zero-order valence-corrected chi connectivity index (χ0v) is 10.4. The van der Waals surface area contributed by atoms with Crippen LogP contribution in [0.3, 0.4) is 0 Å². The van der Waals surface area contributed by atoms with Gasteiger partial charge in [0.05, 0.1) is 5.60 Å². The van der Waals surface area contributed by atoms with Gasteiger partial charge in [0.15, 0.2) is 0 Å². The third-order valence-electron chi connectivity index (χ3n) is 2.87. The molecule has 16 heavy (non-hydrogen) atoms. The van der Waals surface area contributed by atoms with Crippen LogP contribution in [0.2, 0.25) is 0 Å². The molecule has 1 aromatic carbocycles. The van der Waals surface area contributed by atoms with Crippen molar-refractivity contribution in [2.24, 2.45) is 0 Å². The Bertz CT molecular complexity index is 321. The van der Waals surface area contributed by atoms with E-state index in [2.05, 4.69) is 5.32 Å². The highest BCUT2D eigenvalue weighted by Crippen LogP contribution is 2.25. The summed E-state index contributed by atoms with van der Waals surface area (Å²) in [6.07, 6.45) is 0.839. The van der Waals surface area contributed by atoms with E-state index in [9.17, 15) is 4.39 Å². The normalized spacial score (nSPS) is 13.8. The fourth-order valence-electron chi connectivity index (χ4n) is 1.66. The molecule has 0 aliphatic rings. The fraction of sp³-hybridized carbons (Fsp3) is 0.538. The van der Waals surface area contributed by atoms with Crippen molar-refractivity contribution < 1.29 is 9.13 Å². The molecule has 1 rings (SSSR count). The van der Waals surface area contributed by atoms with Crippen LogP contribution >= 0.6 is 0 Å². The highest BCUT2D eigenvalue weighted by molar-refractivity contribution is 5.20. The summed E-state index contributed by atoms with van der Waals surface area (Å²) < 4.78 is 18.2. The van der Waals surface area contributed by atoms with Crippen molar-refractivity contribution in [3.63, 3.8) is 0 Å². The molecule has 1 atom stereocenters. The van der Waals surface area contributed by atoms with Gasteiger partial charge in [-0.1, -0.05) is 12.1 Å². The van der Waals surface area contributed by atoms with Crippen LogP contribution in [0.5, 0.6) is 0 Å². The maximum Gasteiger partial charge on any atom is 0.123 e. The Morgan fingerprint density at radius 2 is 1.88 bits per heavy atom. The van der Waals surface area contributed by atoms with Crippen LogP contribution in [0.15, 0.2) is 24.3 Å². The van der Waals surface area contributed by atoms with E-state index in [4.69, 9.17) is 4.74 Å².